The van der Waals surface area contributed by atoms with Gasteiger partial charge in [-0.3, -0.25) is 9.59 Å². The van der Waals surface area contributed by atoms with E-state index in [1.807, 2.05) is 36.0 Å². The van der Waals surface area contributed by atoms with Crippen LogP contribution in [0.2, 0.25) is 0 Å². The number of benzene rings is 2. The molecule has 9 nitrogen and oxygen atoms in total. The Kier molecular flexibility index (Phi) is 9.68. The van der Waals surface area contributed by atoms with Gasteiger partial charge < -0.3 is 25.1 Å². The van der Waals surface area contributed by atoms with Crippen molar-refractivity contribution in [3.8, 4) is 33.6 Å². The third kappa shape index (κ3) is 7.09. The lowest BCUT2D eigenvalue weighted by atomic mass is 10.0. The number of carbonyl (C=O) groups excluding carboxylic acids is 2. The van der Waals surface area contributed by atoms with Gasteiger partial charge in [-0.2, -0.15) is 0 Å². The van der Waals surface area contributed by atoms with E-state index in [9.17, 15) is 9.59 Å². The molecule has 1 radical (unpaired) electrons. The molecule has 2 aliphatic rings. The minimum Gasteiger partial charge on any atom is -0.340 e. The Labute approximate surface area is 272 Å². The molecular formula is C37H46N7O2. The fourth-order valence-corrected chi connectivity index (χ4v) is 6.60. The standard InChI is InChI=1S/C37H46N7O2/c1-24(2)19-34(45)43-17-5-7-32(43)36-39-21-30(41-36)28-13-9-26(10-14-28)27-11-15-29(16-12-27)31-22-40-37(42-31)33-8-6-18-44(33)35(46)23-38-20-25(3)4/h9-16,19,21-22,24-25,32-33,38H,5-8,17-18,20,23H2,1-4H3,(H,39,41)(H,40,42)/t32-,33-/m0/s1. The number of carbonyl (C=O) groups is 2. The molecule has 6 rings (SSSR count). The Bertz CT molecular complexity index is 1620. The molecule has 2 aromatic heterocycles. The highest BCUT2D eigenvalue weighted by molar-refractivity contribution is 5.85. The molecule has 0 saturated carbocycles. The molecule has 3 N–H and O–H groups in total. The summed E-state index contributed by atoms with van der Waals surface area (Å²) in [5.41, 5.74) is 6.28. The fourth-order valence-electron chi connectivity index (χ4n) is 6.60. The SMILES string of the molecule is CC(C)[CH]C(=O)N1CCC[C@H]1c1ncc(-c2ccc(-c3ccc(-c4cnc([C@@H]5CCCN5C(=O)CNCC(C)C)[nH]4)cc3)cc2)[nH]1. The molecule has 0 bridgehead atoms. The zero-order valence-electron chi connectivity index (χ0n) is 27.4. The number of hydrogen-bond donors (Lipinski definition) is 3. The minimum absolute atomic E-state index is 0.00329. The smallest absolute Gasteiger partial charge is 0.237 e. The topological polar surface area (TPSA) is 110 Å². The van der Waals surface area contributed by atoms with Crippen molar-refractivity contribution < 1.29 is 9.59 Å². The molecule has 0 unspecified atom stereocenters. The highest BCUT2D eigenvalue weighted by Gasteiger charge is 2.33. The van der Waals surface area contributed by atoms with Crippen LogP contribution in [-0.4, -0.2) is 67.7 Å². The summed E-state index contributed by atoms with van der Waals surface area (Å²) in [5.74, 6) is 2.67. The Hall–Kier alpha value is -4.24. The van der Waals surface area contributed by atoms with E-state index in [4.69, 9.17) is 0 Å². The molecule has 4 heterocycles. The van der Waals surface area contributed by atoms with Crippen molar-refractivity contribution in [3.05, 3.63) is 79.0 Å². The van der Waals surface area contributed by atoms with Crippen LogP contribution in [0.15, 0.2) is 60.9 Å². The van der Waals surface area contributed by atoms with Crippen molar-refractivity contribution >= 4 is 11.8 Å². The first-order chi connectivity index (χ1) is 22.3. The summed E-state index contributed by atoms with van der Waals surface area (Å²) in [6.07, 6.45) is 9.37. The van der Waals surface area contributed by atoms with Gasteiger partial charge in [0, 0.05) is 13.1 Å². The summed E-state index contributed by atoms with van der Waals surface area (Å²) >= 11 is 0. The van der Waals surface area contributed by atoms with E-state index >= 15 is 0 Å². The van der Waals surface area contributed by atoms with Gasteiger partial charge in [-0.1, -0.05) is 76.2 Å². The summed E-state index contributed by atoms with van der Waals surface area (Å²) < 4.78 is 0. The first-order valence-electron chi connectivity index (χ1n) is 16.7. The van der Waals surface area contributed by atoms with Crippen molar-refractivity contribution in [1.29, 1.82) is 0 Å². The predicted octanol–water partition coefficient (Wildman–Crippen LogP) is 6.57. The number of nitrogens with zero attached hydrogens (tertiary/aromatic N) is 4. The van der Waals surface area contributed by atoms with E-state index in [1.54, 1.807) is 6.42 Å². The van der Waals surface area contributed by atoms with Gasteiger partial charge in [-0.05, 0) is 66.3 Å². The molecule has 9 heteroatoms. The number of amides is 2. The molecule has 2 amide bonds. The molecule has 4 aromatic rings. The summed E-state index contributed by atoms with van der Waals surface area (Å²) in [5, 5.41) is 3.28. The average molecular weight is 621 g/mol. The number of likely N-dealkylation sites (tertiary alicyclic amines) is 2. The van der Waals surface area contributed by atoms with Crippen molar-refractivity contribution in [2.24, 2.45) is 11.8 Å². The lowest BCUT2D eigenvalue weighted by Crippen LogP contribution is -2.39. The molecule has 2 atom stereocenters. The van der Waals surface area contributed by atoms with E-state index in [2.05, 4.69) is 87.6 Å². The molecule has 241 valence electrons. The van der Waals surface area contributed by atoms with Crippen LogP contribution in [0.25, 0.3) is 33.6 Å². The number of imidazole rings is 2. The van der Waals surface area contributed by atoms with Crippen molar-refractivity contribution in [3.63, 3.8) is 0 Å². The van der Waals surface area contributed by atoms with Gasteiger partial charge in [0.25, 0.3) is 0 Å². The number of aromatic amines is 2. The van der Waals surface area contributed by atoms with Gasteiger partial charge in [-0.15, -0.1) is 0 Å². The molecule has 2 fully saturated rings. The van der Waals surface area contributed by atoms with Gasteiger partial charge >= 0.3 is 0 Å². The zero-order valence-corrected chi connectivity index (χ0v) is 27.4. The maximum absolute atomic E-state index is 12.9. The maximum Gasteiger partial charge on any atom is 0.237 e. The van der Waals surface area contributed by atoms with Gasteiger partial charge in [0.2, 0.25) is 11.8 Å². The highest BCUT2D eigenvalue weighted by atomic mass is 16.2. The second-order valence-corrected chi connectivity index (χ2v) is 13.4. The molecule has 2 saturated heterocycles. The van der Waals surface area contributed by atoms with E-state index in [0.717, 1.165) is 90.6 Å². The van der Waals surface area contributed by atoms with E-state index in [1.165, 1.54) is 0 Å². The van der Waals surface area contributed by atoms with Gasteiger partial charge in [-0.25, -0.2) is 9.97 Å². The van der Waals surface area contributed by atoms with Crippen LogP contribution in [0.5, 0.6) is 0 Å². The molecule has 2 aromatic carbocycles. The van der Waals surface area contributed by atoms with Crippen LogP contribution in [0.3, 0.4) is 0 Å². The van der Waals surface area contributed by atoms with E-state index in [-0.39, 0.29) is 29.8 Å². The number of rotatable bonds is 11. The number of H-pyrrole nitrogens is 2. The first kappa shape index (κ1) is 31.7. The third-order valence-electron chi connectivity index (χ3n) is 8.96. The molecular weight excluding hydrogens is 574 g/mol. The predicted molar refractivity (Wildman–Crippen MR) is 181 cm³/mol. The van der Waals surface area contributed by atoms with Gasteiger partial charge in [0.1, 0.15) is 11.6 Å². The van der Waals surface area contributed by atoms with Crippen LogP contribution in [0, 0.1) is 18.3 Å². The van der Waals surface area contributed by atoms with Crippen LogP contribution in [0.1, 0.15) is 77.1 Å². The monoisotopic (exact) mass is 620 g/mol. The molecule has 0 spiro atoms. The van der Waals surface area contributed by atoms with E-state index in [0.29, 0.717) is 12.5 Å². The Balaban J connectivity index is 1.09. The number of nitrogens with one attached hydrogen (secondary N) is 3. The van der Waals surface area contributed by atoms with Crippen LogP contribution < -0.4 is 5.32 Å². The molecule has 46 heavy (non-hydrogen) atoms. The number of aromatic nitrogens is 4. The average Bonchev–Trinajstić information content (AvgIpc) is 3.87. The van der Waals surface area contributed by atoms with Crippen LogP contribution in [0.4, 0.5) is 0 Å². The summed E-state index contributed by atoms with van der Waals surface area (Å²) in [6, 6.07) is 17.0. The summed E-state index contributed by atoms with van der Waals surface area (Å²) in [4.78, 5) is 45.9. The van der Waals surface area contributed by atoms with Crippen LogP contribution in [-0.2, 0) is 9.59 Å². The first-order valence-corrected chi connectivity index (χ1v) is 16.7. The Morgan fingerprint density at radius 1 is 0.783 bits per heavy atom. The Morgan fingerprint density at radius 2 is 1.26 bits per heavy atom. The molecule has 2 aliphatic heterocycles. The third-order valence-corrected chi connectivity index (χ3v) is 8.96. The largest absolute Gasteiger partial charge is 0.340 e. The maximum atomic E-state index is 12.9. The minimum atomic E-state index is -0.00573. The second kappa shape index (κ2) is 14.0. The lowest BCUT2D eigenvalue weighted by Gasteiger charge is -2.23. The van der Waals surface area contributed by atoms with Crippen molar-refractivity contribution in [2.75, 3.05) is 26.2 Å². The quantitative estimate of drug-likeness (QED) is 0.176. The second-order valence-electron chi connectivity index (χ2n) is 13.4. The normalized spacial score (nSPS) is 18.3. The van der Waals surface area contributed by atoms with Crippen molar-refractivity contribution in [1.82, 2.24) is 35.1 Å². The molecule has 0 aliphatic carbocycles. The van der Waals surface area contributed by atoms with E-state index < -0.39 is 0 Å². The summed E-state index contributed by atoms with van der Waals surface area (Å²) in [7, 11) is 0. The Morgan fingerprint density at radius 3 is 1.76 bits per heavy atom. The fraction of sp³-hybridized carbons (Fsp3) is 0.432. The summed E-state index contributed by atoms with van der Waals surface area (Å²) in [6.45, 7) is 11.1. The van der Waals surface area contributed by atoms with Gasteiger partial charge in [0.15, 0.2) is 0 Å². The van der Waals surface area contributed by atoms with Crippen LogP contribution >= 0.6 is 0 Å². The zero-order chi connectivity index (χ0) is 32.2. The van der Waals surface area contributed by atoms with Crippen molar-refractivity contribution in [2.45, 2.75) is 65.5 Å². The lowest BCUT2D eigenvalue weighted by molar-refractivity contribution is -0.131. The highest BCUT2D eigenvalue weighted by Crippen LogP contribution is 2.34. The number of hydrogen-bond acceptors (Lipinski definition) is 5. The van der Waals surface area contributed by atoms with Gasteiger partial charge in [0.05, 0.1) is 48.8 Å².